The van der Waals surface area contributed by atoms with Crippen molar-refractivity contribution in [3.63, 3.8) is 0 Å². The van der Waals surface area contributed by atoms with Crippen molar-refractivity contribution < 1.29 is 4.74 Å². The van der Waals surface area contributed by atoms with E-state index in [2.05, 4.69) is 30.0 Å². The maximum atomic E-state index is 5.93. The molecule has 4 heteroatoms. The Labute approximate surface area is 109 Å². The molecule has 1 heterocycles. The van der Waals surface area contributed by atoms with E-state index in [1.165, 1.54) is 12.1 Å². The summed E-state index contributed by atoms with van der Waals surface area (Å²) in [5, 5.41) is 0. The summed E-state index contributed by atoms with van der Waals surface area (Å²) in [7, 11) is 4.28. The van der Waals surface area contributed by atoms with Gasteiger partial charge in [-0.05, 0) is 33.5 Å². The van der Waals surface area contributed by atoms with Gasteiger partial charge in [0, 0.05) is 42.6 Å². The van der Waals surface area contributed by atoms with Crippen LogP contribution in [0.15, 0.2) is 18.2 Å². The Bertz CT molecular complexity index is 406. The summed E-state index contributed by atoms with van der Waals surface area (Å²) >= 11 is 0. The molecule has 1 aromatic rings. The van der Waals surface area contributed by atoms with Crippen LogP contribution < -0.4 is 15.4 Å². The fraction of sp³-hybridized carbons (Fsp3) is 0.571. The smallest absolute Gasteiger partial charge is 0.123 e. The van der Waals surface area contributed by atoms with Crippen LogP contribution in [-0.4, -0.2) is 44.7 Å². The van der Waals surface area contributed by atoms with Gasteiger partial charge in [-0.1, -0.05) is 0 Å². The van der Waals surface area contributed by atoms with Crippen LogP contribution in [0.25, 0.3) is 0 Å². The van der Waals surface area contributed by atoms with Crippen molar-refractivity contribution in [3.8, 4) is 5.75 Å². The van der Waals surface area contributed by atoms with Crippen LogP contribution in [0.1, 0.15) is 13.3 Å². The summed E-state index contributed by atoms with van der Waals surface area (Å²) in [5.74, 6) is 0.862. The van der Waals surface area contributed by atoms with Crippen molar-refractivity contribution in [1.82, 2.24) is 4.90 Å². The molecule has 1 aromatic carbocycles. The van der Waals surface area contributed by atoms with Crippen LogP contribution in [-0.2, 0) is 0 Å². The molecule has 1 atom stereocenters. The first-order valence-electron chi connectivity index (χ1n) is 6.55. The molecule has 0 aromatic heterocycles. The number of likely N-dealkylation sites (N-methyl/N-ethyl adjacent to an activating group) is 1. The van der Waals surface area contributed by atoms with Crippen LogP contribution >= 0.6 is 0 Å². The van der Waals surface area contributed by atoms with Gasteiger partial charge in [-0.15, -0.1) is 0 Å². The van der Waals surface area contributed by atoms with Crippen molar-refractivity contribution in [2.75, 3.05) is 44.4 Å². The number of hydrogen-bond acceptors (Lipinski definition) is 4. The summed E-state index contributed by atoms with van der Waals surface area (Å²) in [5.41, 5.74) is 7.87. The molecule has 2 rings (SSSR count). The molecule has 1 saturated heterocycles. The lowest BCUT2D eigenvalue weighted by molar-refractivity contribution is 0.315. The lowest BCUT2D eigenvalue weighted by Gasteiger charge is -2.22. The van der Waals surface area contributed by atoms with Crippen molar-refractivity contribution in [3.05, 3.63) is 18.2 Å². The Morgan fingerprint density at radius 2 is 2.17 bits per heavy atom. The molecule has 1 aliphatic heterocycles. The third-order valence-corrected chi connectivity index (χ3v) is 3.48. The number of rotatable bonds is 4. The van der Waals surface area contributed by atoms with Gasteiger partial charge in [0.2, 0.25) is 0 Å². The Balaban J connectivity index is 2.13. The molecule has 0 amide bonds. The molecule has 18 heavy (non-hydrogen) atoms. The summed E-state index contributed by atoms with van der Waals surface area (Å²) in [6, 6.07) is 6.62. The van der Waals surface area contributed by atoms with Gasteiger partial charge >= 0.3 is 0 Å². The average molecular weight is 249 g/mol. The number of anilines is 2. The molecule has 2 N–H and O–H groups in total. The maximum Gasteiger partial charge on any atom is 0.123 e. The fourth-order valence-corrected chi connectivity index (χ4v) is 2.44. The first kappa shape index (κ1) is 13.0. The number of nitrogens with two attached hydrogens (primary N) is 1. The maximum absolute atomic E-state index is 5.93. The van der Waals surface area contributed by atoms with Gasteiger partial charge in [0.25, 0.3) is 0 Å². The third-order valence-electron chi connectivity index (χ3n) is 3.48. The average Bonchev–Trinajstić information content (AvgIpc) is 2.78. The minimum absolute atomic E-state index is 0.627. The molecule has 100 valence electrons. The minimum atomic E-state index is 0.627. The molecule has 1 unspecified atom stereocenters. The van der Waals surface area contributed by atoms with Crippen LogP contribution in [0.2, 0.25) is 0 Å². The van der Waals surface area contributed by atoms with Crippen molar-refractivity contribution in [2.24, 2.45) is 0 Å². The van der Waals surface area contributed by atoms with Gasteiger partial charge in [-0.25, -0.2) is 0 Å². The van der Waals surface area contributed by atoms with E-state index in [0.717, 1.165) is 24.5 Å². The molecule has 1 fully saturated rings. The molecule has 0 radical (unpaired) electrons. The fourth-order valence-electron chi connectivity index (χ4n) is 2.44. The normalized spacial score (nSPS) is 19.6. The zero-order valence-corrected chi connectivity index (χ0v) is 11.5. The molecule has 0 bridgehead atoms. The van der Waals surface area contributed by atoms with E-state index < -0.39 is 0 Å². The van der Waals surface area contributed by atoms with Crippen molar-refractivity contribution >= 4 is 11.4 Å². The highest BCUT2D eigenvalue weighted by atomic mass is 16.5. The summed E-state index contributed by atoms with van der Waals surface area (Å²) in [6.45, 7) is 4.80. The van der Waals surface area contributed by atoms with Gasteiger partial charge in [0.15, 0.2) is 0 Å². The second kappa shape index (κ2) is 5.48. The number of nitrogens with zero attached hydrogens (tertiary/aromatic N) is 2. The topological polar surface area (TPSA) is 41.7 Å². The number of ether oxygens (including phenoxy) is 1. The summed E-state index contributed by atoms with van der Waals surface area (Å²) in [6.07, 6.45) is 1.20. The Kier molecular flexibility index (Phi) is 3.97. The third kappa shape index (κ3) is 2.88. The summed E-state index contributed by atoms with van der Waals surface area (Å²) < 4.78 is 5.54. The minimum Gasteiger partial charge on any atom is -0.494 e. The largest absolute Gasteiger partial charge is 0.494 e. The predicted octanol–water partition coefficient (Wildman–Crippen LogP) is 1.81. The quantitative estimate of drug-likeness (QED) is 0.826. The molecule has 4 nitrogen and oxygen atoms in total. The number of nitrogen functional groups attached to an aromatic ring is 1. The first-order chi connectivity index (χ1) is 8.60. The zero-order valence-electron chi connectivity index (χ0n) is 11.5. The Morgan fingerprint density at radius 1 is 1.39 bits per heavy atom. The summed E-state index contributed by atoms with van der Waals surface area (Å²) in [4.78, 5) is 4.67. The second-order valence-corrected chi connectivity index (χ2v) is 5.05. The van der Waals surface area contributed by atoms with Gasteiger partial charge in [0.1, 0.15) is 5.75 Å². The van der Waals surface area contributed by atoms with Gasteiger partial charge in [-0.3, -0.25) is 0 Å². The van der Waals surface area contributed by atoms with Crippen molar-refractivity contribution in [1.29, 1.82) is 0 Å². The van der Waals surface area contributed by atoms with E-state index in [0.29, 0.717) is 12.6 Å². The monoisotopic (exact) mass is 249 g/mol. The SMILES string of the molecule is CCOc1cc(N)cc(N2CCC(N(C)C)C2)c1. The van der Waals surface area contributed by atoms with Crippen LogP contribution in [0.4, 0.5) is 11.4 Å². The van der Waals surface area contributed by atoms with E-state index in [-0.39, 0.29) is 0 Å². The Hall–Kier alpha value is -1.42. The van der Waals surface area contributed by atoms with Gasteiger partial charge in [0.05, 0.1) is 6.61 Å². The Morgan fingerprint density at radius 3 is 2.78 bits per heavy atom. The van der Waals surface area contributed by atoms with Crippen molar-refractivity contribution in [2.45, 2.75) is 19.4 Å². The molecule has 0 saturated carbocycles. The molecular weight excluding hydrogens is 226 g/mol. The highest BCUT2D eigenvalue weighted by Crippen LogP contribution is 2.28. The van der Waals surface area contributed by atoms with E-state index in [1.807, 2.05) is 19.1 Å². The molecular formula is C14H23N3O. The molecule has 1 aliphatic rings. The first-order valence-corrected chi connectivity index (χ1v) is 6.55. The zero-order chi connectivity index (χ0) is 13.1. The van der Waals surface area contributed by atoms with E-state index >= 15 is 0 Å². The van der Waals surface area contributed by atoms with Crippen LogP contribution in [0.3, 0.4) is 0 Å². The number of benzene rings is 1. The second-order valence-electron chi connectivity index (χ2n) is 5.05. The lowest BCUT2D eigenvalue weighted by Crippen LogP contribution is -2.31. The molecule has 0 spiro atoms. The van der Waals surface area contributed by atoms with Gasteiger partial charge in [-0.2, -0.15) is 0 Å². The van der Waals surface area contributed by atoms with E-state index in [4.69, 9.17) is 10.5 Å². The van der Waals surface area contributed by atoms with Gasteiger partial charge < -0.3 is 20.3 Å². The molecule has 0 aliphatic carbocycles. The van der Waals surface area contributed by atoms with E-state index in [9.17, 15) is 0 Å². The highest BCUT2D eigenvalue weighted by Gasteiger charge is 2.24. The van der Waals surface area contributed by atoms with E-state index in [1.54, 1.807) is 0 Å². The lowest BCUT2D eigenvalue weighted by atomic mass is 10.2. The standard InChI is InChI=1S/C14H23N3O/c1-4-18-14-8-11(15)7-13(9-14)17-6-5-12(10-17)16(2)3/h7-9,12H,4-6,10,15H2,1-3H3. The highest BCUT2D eigenvalue weighted by molar-refractivity contribution is 5.61. The van der Waals surface area contributed by atoms with Crippen LogP contribution in [0, 0.1) is 0 Å². The van der Waals surface area contributed by atoms with Crippen LogP contribution in [0.5, 0.6) is 5.75 Å². The number of hydrogen-bond donors (Lipinski definition) is 1. The predicted molar refractivity (Wildman–Crippen MR) is 76.3 cm³/mol.